The van der Waals surface area contributed by atoms with Gasteiger partial charge in [0, 0.05) is 45.0 Å². The second-order valence-corrected chi connectivity index (χ2v) is 9.11. The number of halogens is 2. The van der Waals surface area contributed by atoms with E-state index in [1.807, 2.05) is 48.5 Å². The van der Waals surface area contributed by atoms with E-state index >= 15 is 0 Å². The van der Waals surface area contributed by atoms with Gasteiger partial charge in [0.1, 0.15) is 6.61 Å². The summed E-state index contributed by atoms with van der Waals surface area (Å²) in [5.41, 5.74) is 5.88. The maximum absolute atomic E-state index is 12.5. The van der Waals surface area contributed by atoms with Gasteiger partial charge in [-0.3, -0.25) is 4.79 Å². The number of carbonyl (C=O) groups is 1. The van der Waals surface area contributed by atoms with E-state index in [1.165, 1.54) is 12.8 Å². The van der Waals surface area contributed by atoms with Crippen molar-refractivity contribution >= 4 is 45.3 Å². The topological polar surface area (TPSA) is 63.2 Å². The number of hydrazone groups is 1. The van der Waals surface area contributed by atoms with Gasteiger partial charge in [-0.05, 0) is 71.2 Å². The normalized spacial score (nSPS) is 13.3. The highest BCUT2D eigenvalue weighted by Gasteiger charge is 2.13. The molecule has 1 aliphatic heterocycles. The number of hydrogen-bond donors (Lipinski definition) is 1. The average Bonchev–Trinajstić information content (AvgIpc) is 3.40. The second-order valence-electron chi connectivity index (χ2n) is 7.84. The Morgan fingerprint density at radius 1 is 1.12 bits per heavy atom. The van der Waals surface area contributed by atoms with Crippen molar-refractivity contribution in [3.63, 3.8) is 0 Å². The Hall–Kier alpha value is -3.03. The molecule has 0 radical (unpaired) electrons. The summed E-state index contributed by atoms with van der Waals surface area (Å²) in [6, 6.07) is 18.7. The van der Waals surface area contributed by atoms with Crippen LogP contribution in [0.25, 0.3) is 0 Å². The number of hydrogen-bond acceptors (Lipinski definition) is 5. The summed E-state index contributed by atoms with van der Waals surface area (Å²) in [5, 5.41) is 4.75. The van der Waals surface area contributed by atoms with Crippen molar-refractivity contribution in [2.75, 3.05) is 25.1 Å². The minimum atomic E-state index is -0.271. The molecule has 1 N–H and O–H groups in total. The first kappa shape index (κ1) is 24.1. The molecule has 4 rings (SSSR count). The van der Waals surface area contributed by atoms with Crippen LogP contribution in [-0.4, -0.2) is 32.3 Å². The van der Waals surface area contributed by atoms with E-state index in [4.69, 9.17) is 21.1 Å². The first-order valence-corrected chi connectivity index (χ1v) is 12.1. The van der Waals surface area contributed by atoms with Crippen LogP contribution in [0.5, 0.6) is 11.5 Å². The molecule has 0 aromatic heterocycles. The SMILES string of the molecule is COc1cc(/C=N\NC(=O)c2ccc(N3CCCC3)cc2)c(Br)cc1OCc1ccccc1Cl. The highest BCUT2D eigenvalue weighted by molar-refractivity contribution is 9.10. The zero-order chi connectivity index (χ0) is 23.9. The maximum atomic E-state index is 12.5. The Bertz CT molecular complexity index is 1180. The molecular formula is C26H25BrClN3O3. The molecule has 1 fully saturated rings. The number of carbonyl (C=O) groups excluding carboxylic acids is 1. The minimum absolute atomic E-state index is 0.271. The third kappa shape index (κ3) is 5.90. The van der Waals surface area contributed by atoms with Crippen LogP contribution < -0.4 is 19.8 Å². The molecular weight excluding hydrogens is 518 g/mol. The fourth-order valence-electron chi connectivity index (χ4n) is 3.72. The van der Waals surface area contributed by atoms with Gasteiger partial charge >= 0.3 is 0 Å². The summed E-state index contributed by atoms with van der Waals surface area (Å²) in [6.07, 6.45) is 3.98. The molecule has 3 aromatic carbocycles. The van der Waals surface area contributed by atoms with E-state index in [-0.39, 0.29) is 5.91 Å². The van der Waals surface area contributed by atoms with Gasteiger partial charge in [0.15, 0.2) is 11.5 Å². The van der Waals surface area contributed by atoms with E-state index < -0.39 is 0 Å². The van der Waals surface area contributed by atoms with Crippen molar-refractivity contribution in [1.29, 1.82) is 0 Å². The van der Waals surface area contributed by atoms with Crippen molar-refractivity contribution in [2.45, 2.75) is 19.4 Å². The fourth-order valence-corrected chi connectivity index (χ4v) is 4.33. The molecule has 1 amide bonds. The van der Waals surface area contributed by atoms with Gasteiger partial charge in [0.05, 0.1) is 13.3 Å². The predicted molar refractivity (Wildman–Crippen MR) is 139 cm³/mol. The molecule has 0 spiro atoms. The number of ether oxygens (including phenoxy) is 2. The van der Waals surface area contributed by atoms with Crippen LogP contribution >= 0.6 is 27.5 Å². The van der Waals surface area contributed by atoms with Gasteiger partial charge in [-0.15, -0.1) is 0 Å². The highest BCUT2D eigenvalue weighted by atomic mass is 79.9. The van der Waals surface area contributed by atoms with Crippen molar-refractivity contribution in [3.05, 3.63) is 86.8 Å². The van der Waals surface area contributed by atoms with Crippen molar-refractivity contribution in [3.8, 4) is 11.5 Å². The van der Waals surface area contributed by atoms with E-state index in [1.54, 1.807) is 25.5 Å². The number of nitrogens with zero attached hydrogens (tertiary/aromatic N) is 2. The van der Waals surface area contributed by atoms with E-state index in [9.17, 15) is 4.79 Å². The molecule has 0 aliphatic carbocycles. The summed E-state index contributed by atoms with van der Waals surface area (Å²) >= 11 is 9.74. The average molecular weight is 543 g/mol. The van der Waals surface area contributed by atoms with E-state index in [0.29, 0.717) is 28.7 Å². The zero-order valence-corrected chi connectivity index (χ0v) is 21.1. The van der Waals surface area contributed by atoms with Crippen LogP contribution in [0.2, 0.25) is 5.02 Å². The van der Waals surface area contributed by atoms with Gasteiger partial charge < -0.3 is 14.4 Å². The lowest BCUT2D eigenvalue weighted by molar-refractivity contribution is 0.0955. The number of benzene rings is 3. The molecule has 8 heteroatoms. The quantitative estimate of drug-likeness (QED) is 0.278. The molecule has 1 aliphatic rings. The molecule has 0 unspecified atom stereocenters. The molecule has 34 heavy (non-hydrogen) atoms. The van der Waals surface area contributed by atoms with Crippen LogP contribution in [0.4, 0.5) is 5.69 Å². The van der Waals surface area contributed by atoms with Crippen LogP contribution in [0.1, 0.15) is 34.3 Å². The van der Waals surface area contributed by atoms with Crippen LogP contribution in [0.3, 0.4) is 0 Å². The highest BCUT2D eigenvalue weighted by Crippen LogP contribution is 2.34. The third-order valence-corrected chi connectivity index (χ3v) is 6.65. The van der Waals surface area contributed by atoms with Crippen molar-refractivity contribution in [2.24, 2.45) is 5.10 Å². The lowest BCUT2D eigenvalue weighted by Gasteiger charge is -2.17. The van der Waals surface area contributed by atoms with Gasteiger partial charge in [-0.1, -0.05) is 29.8 Å². The Morgan fingerprint density at radius 3 is 2.56 bits per heavy atom. The van der Waals surface area contributed by atoms with Crippen LogP contribution in [0.15, 0.2) is 70.2 Å². The van der Waals surface area contributed by atoms with Crippen molar-refractivity contribution < 1.29 is 14.3 Å². The molecule has 3 aromatic rings. The minimum Gasteiger partial charge on any atom is -0.493 e. The molecule has 176 valence electrons. The van der Waals surface area contributed by atoms with Crippen LogP contribution in [0, 0.1) is 0 Å². The Labute approximate surface area is 212 Å². The monoisotopic (exact) mass is 541 g/mol. The number of nitrogens with one attached hydrogen (secondary N) is 1. The lowest BCUT2D eigenvalue weighted by atomic mass is 10.2. The maximum Gasteiger partial charge on any atom is 0.271 e. The number of amides is 1. The Morgan fingerprint density at radius 2 is 1.85 bits per heavy atom. The third-order valence-electron chi connectivity index (χ3n) is 5.59. The summed E-state index contributed by atoms with van der Waals surface area (Å²) in [7, 11) is 1.57. The smallest absolute Gasteiger partial charge is 0.271 e. The zero-order valence-electron chi connectivity index (χ0n) is 18.8. The van der Waals surface area contributed by atoms with Gasteiger partial charge in [-0.25, -0.2) is 5.43 Å². The largest absolute Gasteiger partial charge is 0.493 e. The number of methoxy groups -OCH3 is 1. The predicted octanol–water partition coefficient (Wildman–Crippen LogP) is 6.05. The number of rotatable bonds is 8. The van der Waals surface area contributed by atoms with Crippen molar-refractivity contribution in [1.82, 2.24) is 5.43 Å². The number of anilines is 1. The molecule has 0 atom stereocenters. The molecule has 0 saturated carbocycles. The second kappa shape index (κ2) is 11.4. The Kier molecular flexibility index (Phi) is 8.08. The summed E-state index contributed by atoms with van der Waals surface area (Å²) in [4.78, 5) is 14.8. The van der Waals surface area contributed by atoms with Gasteiger partial charge in [0.25, 0.3) is 5.91 Å². The van der Waals surface area contributed by atoms with Crippen LogP contribution in [-0.2, 0) is 6.61 Å². The standard InChI is InChI=1S/C26H25BrClN3O3/c1-33-24-14-20(22(27)15-25(24)34-17-19-6-2-3-7-23(19)28)16-29-30-26(32)18-8-10-21(11-9-18)31-12-4-5-13-31/h2-3,6-11,14-16H,4-5,12-13,17H2,1H3,(H,30,32)/b29-16-. The lowest BCUT2D eigenvalue weighted by Crippen LogP contribution is -2.19. The summed E-state index contributed by atoms with van der Waals surface area (Å²) in [5.74, 6) is 0.834. The van der Waals surface area contributed by atoms with Gasteiger partial charge in [0.2, 0.25) is 0 Å². The fraction of sp³-hybridized carbons (Fsp3) is 0.231. The van der Waals surface area contributed by atoms with Gasteiger partial charge in [-0.2, -0.15) is 5.10 Å². The molecule has 0 bridgehead atoms. The first-order valence-electron chi connectivity index (χ1n) is 11.0. The summed E-state index contributed by atoms with van der Waals surface area (Å²) < 4.78 is 12.1. The first-order chi connectivity index (χ1) is 16.5. The molecule has 1 heterocycles. The Balaban J connectivity index is 1.39. The molecule has 1 saturated heterocycles. The molecule has 6 nitrogen and oxygen atoms in total. The van der Waals surface area contributed by atoms with E-state index in [2.05, 4.69) is 31.4 Å². The van der Waals surface area contributed by atoms with E-state index in [0.717, 1.165) is 34.4 Å². The summed E-state index contributed by atoms with van der Waals surface area (Å²) in [6.45, 7) is 2.44.